The number of hydrogen-bond donors (Lipinski definition) is 2. The van der Waals surface area contributed by atoms with Crippen molar-refractivity contribution < 1.29 is 5.11 Å². The number of nitrogens with zero attached hydrogens (tertiary/aromatic N) is 2. The summed E-state index contributed by atoms with van der Waals surface area (Å²) >= 11 is 0. The molecule has 1 heterocycles. The maximum Gasteiger partial charge on any atom is 0.0728 e. The molecule has 0 aliphatic rings. The molecule has 1 aromatic carbocycles. The Kier molecular flexibility index (Phi) is 5.62. The lowest BCUT2D eigenvalue weighted by Crippen LogP contribution is -2.21. The van der Waals surface area contributed by atoms with Gasteiger partial charge in [-0.1, -0.05) is 43.7 Å². The Morgan fingerprint density at radius 2 is 2.10 bits per heavy atom. The molecule has 0 fully saturated rings. The Morgan fingerprint density at radius 1 is 1.30 bits per heavy atom. The van der Waals surface area contributed by atoms with Crippen molar-refractivity contribution in [3.8, 4) is 0 Å². The number of anilines is 1. The maximum atomic E-state index is 8.91. The van der Waals surface area contributed by atoms with E-state index in [1.807, 2.05) is 18.5 Å². The second-order valence-corrected chi connectivity index (χ2v) is 5.04. The summed E-state index contributed by atoms with van der Waals surface area (Å²) < 4.78 is 1.76. The van der Waals surface area contributed by atoms with Gasteiger partial charge in [0.1, 0.15) is 0 Å². The highest BCUT2D eigenvalue weighted by Crippen LogP contribution is 2.14. The van der Waals surface area contributed by atoms with Crippen LogP contribution in [0.3, 0.4) is 0 Å². The maximum absolute atomic E-state index is 8.91. The number of benzene rings is 1. The first-order chi connectivity index (χ1) is 9.81. The summed E-state index contributed by atoms with van der Waals surface area (Å²) in [5.74, 6) is 0. The van der Waals surface area contributed by atoms with Gasteiger partial charge in [0.15, 0.2) is 0 Å². The van der Waals surface area contributed by atoms with Crippen LogP contribution in [0, 0.1) is 0 Å². The summed E-state index contributed by atoms with van der Waals surface area (Å²) in [5.41, 5.74) is 2.37. The molecular weight excluding hydrogens is 250 g/mol. The number of nitrogens with one attached hydrogen (secondary N) is 1. The minimum atomic E-state index is 0.115. The van der Waals surface area contributed by atoms with Crippen LogP contribution in [0.2, 0.25) is 0 Å². The zero-order chi connectivity index (χ0) is 14.2. The molecule has 20 heavy (non-hydrogen) atoms. The molecule has 1 aromatic heterocycles. The van der Waals surface area contributed by atoms with Gasteiger partial charge in [-0.15, -0.1) is 0 Å². The summed E-state index contributed by atoms with van der Waals surface area (Å²) in [4.78, 5) is 0. The van der Waals surface area contributed by atoms with Crippen LogP contribution in [-0.4, -0.2) is 27.5 Å². The minimum absolute atomic E-state index is 0.115. The smallest absolute Gasteiger partial charge is 0.0728 e. The third-order valence-corrected chi connectivity index (χ3v) is 3.30. The Morgan fingerprint density at radius 3 is 2.80 bits per heavy atom. The van der Waals surface area contributed by atoms with Crippen molar-refractivity contribution in [1.82, 2.24) is 9.78 Å². The number of aromatic nitrogens is 2. The monoisotopic (exact) mass is 273 g/mol. The molecule has 1 atom stereocenters. The molecule has 0 amide bonds. The SMILES string of the molecule is CCCC(Cc1ccccc1)Nc1cnn(CCO)c1. The minimum Gasteiger partial charge on any atom is -0.394 e. The van der Waals surface area contributed by atoms with Gasteiger partial charge in [0.2, 0.25) is 0 Å². The van der Waals surface area contributed by atoms with Gasteiger partial charge in [-0.25, -0.2) is 0 Å². The fourth-order valence-electron chi connectivity index (χ4n) is 2.37. The van der Waals surface area contributed by atoms with Crippen LogP contribution in [0.1, 0.15) is 25.3 Å². The normalized spacial score (nSPS) is 12.3. The molecule has 4 heteroatoms. The fourth-order valence-corrected chi connectivity index (χ4v) is 2.37. The quantitative estimate of drug-likeness (QED) is 0.777. The van der Waals surface area contributed by atoms with E-state index >= 15 is 0 Å². The molecule has 0 spiro atoms. The zero-order valence-corrected chi connectivity index (χ0v) is 12.0. The second-order valence-electron chi connectivity index (χ2n) is 5.04. The van der Waals surface area contributed by atoms with Crippen LogP contribution in [0.4, 0.5) is 5.69 Å². The summed E-state index contributed by atoms with van der Waals surface area (Å²) in [6.07, 6.45) is 7.06. The zero-order valence-electron chi connectivity index (χ0n) is 12.0. The molecule has 0 saturated heterocycles. The molecule has 0 radical (unpaired) electrons. The van der Waals surface area contributed by atoms with E-state index in [4.69, 9.17) is 5.11 Å². The summed E-state index contributed by atoms with van der Waals surface area (Å²) in [6.45, 7) is 2.86. The van der Waals surface area contributed by atoms with E-state index in [1.165, 1.54) is 5.56 Å². The van der Waals surface area contributed by atoms with Crippen molar-refractivity contribution in [2.45, 2.75) is 38.8 Å². The topological polar surface area (TPSA) is 50.1 Å². The van der Waals surface area contributed by atoms with E-state index < -0.39 is 0 Å². The van der Waals surface area contributed by atoms with Gasteiger partial charge in [0, 0.05) is 12.2 Å². The largest absolute Gasteiger partial charge is 0.394 e. The highest BCUT2D eigenvalue weighted by molar-refractivity contribution is 5.39. The molecular formula is C16H23N3O. The molecule has 0 bridgehead atoms. The van der Waals surface area contributed by atoms with Crippen LogP contribution in [0.25, 0.3) is 0 Å². The Hall–Kier alpha value is -1.81. The first-order valence-corrected chi connectivity index (χ1v) is 7.25. The third kappa shape index (κ3) is 4.38. The van der Waals surface area contributed by atoms with Crippen molar-refractivity contribution in [2.24, 2.45) is 0 Å². The van der Waals surface area contributed by atoms with Gasteiger partial charge in [-0.3, -0.25) is 4.68 Å². The van der Waals surface area contributed by atoms with Crippen LogP contribution in [0.5, 0.6) is 0 Å². The number of aliphatic hydroxyl groups excluding tert-OH is 1. The summed E-state index contributed by atoms with van der Waals surface area (Å²) in [6, 6.07) is 11.0. The molecule has 1 unspecified atom stereocenters. The first kappa shape index (κ1) is 14.6. The van der Waals surface area contributed by atoms with Gasteiger partial charge in [0.25, 0.3) is 0 Å². The van der Waals surface area contributed by atoms with Crippen molar-refractivity contribution in [1.29, 1.82) is 0 Å². The van der Waals surface area contributed by atoms with E-state index in [0.29, 0.717) is 12.6 Å². The summed E-state index contributed by atoms with van der Waals surface area (Å²) in [7, 11) is 0. The lowest BCUT2D eigenvalue weighted by Gasteiger charge is -2.18. The highest BCUT2D eigenvalue weighted by atomic mass is 16.3. The van der Waals surface area contributed by atoms with E-state index in [1.54, 1.807) is 4.68 Å². The molecule has 2 rings (SSSR count). The third-order valence-electron chi connectivity index (χ3n) is 3.30. The average Bonchev–Trinajstić information content (AvgIpc) is 2.88. The van der Waals surface area contributed by atoms with E-state index in [9.17, 15) is 0 Å². The van der Waals surface area contributed by atoms with Crippen LogP contribution < -0.4 is 5.32 Å². The Labute approximate surface area is 120 Å². The highest BCUT2D eigenvalue weighted by Gasteiger charge is 2.09. The van der Waals surface area contributed by atoms with E-state index in [2.05, 4.69) is 41.6 Å². The van der Waals surface area contributed by atoms with E-state index in [-0.39, 0.29) is 6.61 Å². The molecule has 4 nitrogen and oxygen atoms in total. The molecule has 0 saturated carbocycles. The lowest BCUT2D eigenvalue weighted by atomic mass is 10.0. The number of aliphatic hydroxyl groups is 1. The van der Waals surface area contributed by atoms with Crippen molar-refractivity contribution in [3.63, 3.8) is 0 Å². The first-order valence-electron chi connectivity index (χ1n) is 7.25. The predicted octanol–water partition coefficient (Wildman–Crippen LogP) is 2.70. The standard InChI is InChI=1S/C16H23N3O/c1-2-6-15(11-14-7-4-3-5-8-14)18-16-12-17-19(13-16)9-10-20/h3-5,7-8,12-13,15,18,20H,2,6,9-11H2,1H3. The Balaban J connectivity index is 1.97. The van der Waals surface area contributed by atoms with Gasteiger partial charge < -0.3 is 10.4 Å². The van der Waals surface area contributed by atoms with Gasteiger partial charge >= 0.3 is 0 Å². The average molecular weight is 273 g/mol. The molecule has 108 valence electrons. The Bertz CT molecular complexity index is 495. The van der Waals surface area contributed by atoms with Gasteiger partial charge in [0.05, 0.1) is 25.0 Å². The molecule has 2 aromatic rings. The van der Waals surface area contributed by atoms with Crippen LogP contribution in [-0.2, 0) is 13.0 Å². The second kappa shape index (κ2) is 7.70. The fraction of sp³-hybridized carbons (Fsp3) is 0.438. The van der Waals surface area contributed by atoms with Crippen molar-refractivity contribution in [2.75, 3.05) is 11.9 Å². The molecule has 0 aliphatic heterocycles. The van der Waals surface area contributed by atoms with Crippen molar-refractivity contribution >= 4 is 5.69 Å². The van der Waals surface area contributed by atoms with Gasteiger partial charge in [-0.2, -0.15) is 5.10 Å². The van der Waals surface area contributed by atoms with Gasteiger partial charge in [-0.05, 0) is 18.4 Å². The molecule has 0 aliphatic carbocycles. The lowest BCUT2D eigenvalue weighted by molar-refractivity contribution is 0.269. The summed E-state index contributed by atoms with van der Waals surface area (Å²) in [5, 5.41) is 16.7. The van der Waals surface area contributed by atoms with Crippen LogP contribution >= 0.6 is 0 Å². The number of hydrogen-bond acceptors (Lipinski definition) is 3. The van der Waals surface area contributed by atoms with Crippen LogP contribution in [0.15, 0.2) is 42.7 Å². The molecule has 2 N–H and O–H groups in total. The van der Waals surface area contributed by atoms with Crippen molar-refractivity contribution in [3.05, 3.63) is 48.3 Å². The predicted molar refractivity (Wildman–Crippen MR) is 81.8 cm³/mol. The number of rotatable bonds is 8. The van der Waals surface area contributed by atoms with E-state index in [0.717, 1.165) is 24.9 Å².